The highest BCUT2D eigenvalue weighted by Gasteiger charge is 2.16. The van der Waals surface area contributed by atoms with Crippen LogP contribution in [0.1, 0.15) is 17.9 Å². The first kappa shape index (κ1) is 7.40. The van der Waals surface area contributed by atoms with Crippen molar-refractivity contribution < 1.29 is 9.15 Å². The zero-order valence-electron chi connectivity index (χ0n) is 6.92. The molecular formula is C9H10O3. The van der Waals surface area contributed by atoms with Gasteiger partial charge in [0.15, 0.2) is 0 Å². The second kappa shape index (κ2) is 2.66. The Labute approximate surface area is 70.0 Å². The lowest BCUT2D eigenvalue weighted by atomic mass is 10.2. The second-order valence-electron chi connectivity index (χ2n) is 2.93. The van der Waals surface area contributed by atoms with Gasteiger partial charge in [0, 0.05) is 12.5 Å². The number of rotatable bonds is 0. The van der Waals surface area contributed by atoms with E-state index in [0.717, 1.165) is 12.8 Å². The molecule has 0 saturated carbocycles. The minimum atomic E-state index is -0.0616. The molecule has 0 unspecified atom stereocenters. The maximum atomic E-state index is 11.3. The largest absolute Gasteiger partial charge is 0.486 e. The van der Waals surface area contributed by atoms with Crippen LogP contribution in [-0.2, 0) is 6.42 Å². The molecule has 64 valence electrons. The van der Waals surface area contributed by atoms with Gasteiger partial charge in [0.05, 0.1) is 6.61 Å². The summed E-state index contributed by atoms with van der Waals surface area (Å²) in [6.07, 6.45) is 1.74. The summed E-state index contributed by atoms with van der Waals surface area (Å²) in [6.45, 7) is 2.40. The van der Waals surface area contributed by atoms with Crippen LogP contribution in [0.5, 0.6) is 5.75 Å². The Kier molecular flexibility index (Phi) is 1.64. The zero-order valence-corrected chi connectivity index (χ0v) is 6.92. The smallest absolute Gasteiger partial charge is 0.227 e. The van der Waals surface area contributed by atoms with Crippen molar-refractivity contribution in [2.24, 2.45) is 0 Å². The minimum absolute atomic E-state index is 0.0616. The molecule has 0 saturated heterocycles. The van der Waals surface area contributed by atoms with Crippen molar-refractivity contribution in [2.75, 3.05) is 6.61 Å². The van der Waals surface area contributed by atoms with Crippen LogP contribution in [-0.4, -0.2) is 6.61 Å². The van der Waals surface area contributed by atoms with E-state index in [0.29, 0.717) is 23.9 Å². The van der Waals surface area contributed by atoms with E-state index in [4.69, 9.17) is 9.15 Å². The van der Waals surface area contributed by atoms with Crippen molar-refractivity contribution in [3.63, 3.8) is 0 Å². The Bertz CT molecular complexity index is 351. The third-order valence-corrected chi connectivity index (χ3v) is 1.89. The van der Waals surface area contributed by atoms with Gasteiger partial charge in [-0.2, -0.15) is 0 Å². The van der Waals surface area contributed by atoms with E-state index in [9.17, 15) is 4.79 Å². The van der Waals surface area contributed by atoms with E-state index in [1.165, 1.54) is 6.07 Å². The van der Waals surface area contributed by atoms with Crippen molar-refractivity contribution in [3.8, 4) is 5.75 Å². The van der Waals surface area contributed by atoms with Gasteiger partial charge in [0.25, 0.3) is 0 Å². The average molecular weight is 166 g/mol. The van der Waals surface area contributed by atoms with E-state index < -0.39 is 0 Å². The molecule has 3 heteroatoms. The van der Waals surface area contributed by atoms with Crippen LogP contribution in [0.2, 0.25) is 0 Å². The number of ether oxygens (including phenoxy) is 1. The number of aryl methyl sites for hydroxylation is 2. The third-order valence-electron chi connectivity index (χ3n) is 1.89. The van der Waals surface area contributed by atoms with Crippen molar-refractivity contribution in [1.29, 1.82) is 0 Å². The Balaban J connectivity index is 2.60. The fourth-order valence-corrected chi connectivity index (χ4v) is 1.38. The molecule has 0 atom stereocenters. The fraction of sp³-hybridized carbons (Fsp3) is 0.444. The van der Waals surface area contributed by atoms with Crippen molar-refractivity contribution in [2.45, 2.75) is 19.8 Å². The summed E-state index contributed by atoms with van der Waals surface area (Å²) in [5.41, 5.74) is -0.0616. The summed E-state index contributed by atoms with van der Waals surface area (Å²) >= 11 is 0. The third kappa shape index (κ3) is 1.11. The topological polar surface area (TPSA) is 39.4 Å². The Morgan fingerprint density at radius 2 is 2.33 bits per heavy atom. The lowest BCUT2D eigenvalue weighted by molar-refractivity contribution is 0.254. The highest BCUT2D eigenvalue weighted by Crippen LogP contribution is 2.20. The molecule has 0 N–H and O–H groups in total. The summed E-state index contributed by atoms with van der Waals surface area (Å²) in [6, 6.07) is 1.46. The molecule has 1 aromatic heterocycles. The van der Waals surface area contributed by atoms with Gasteiger partial charge in [0.1, 0.15) is 11.5 Å². The molecule has 0 radical (unpaired) electrons. The Morgan fingerprint density at radius 1 is 1.50 bits per heavy atom. The van der Waals surface area contributed by atoms with Crippen molar-refractivity contribution in [1.82, 2.24) is 0 Å². The molecule has 0 fully saturated rings. The molecule has 1 aliphatic heterocycles. The van der Waals surface area contributed by atoms with Gasteiger partial charge in [-0.3, -0.25) is 4.79 Å². The molecule has 0 aromatic carbocycles. The van der Waals surface area contributed by atoms with Crippen LogP contribution in [0, 0.1) is 6.92 Å². The molecule has 3 nitrogen and oxygen atoms in total. The fourth-order valence-electron chi connectivity index (χ4n) is 1.38. The molecule has 1 aliphatic rings. The predicted molar refractivity (Wildman–Crippen MR) is 43.5 cm³/mol. The first-order valence-electron chi connectivity index (χ1n) is 4.04. The van der Waals surface area contributed by atoms with Gasteiger partial charge in [-0.1, -0.05) is 0 Å². The van der Waals surface area contributed by atoms with E-state index >= 15 is 0 Å². The predicted octanol–water partition coefficient (Wildman–Crippen LogP) is 1.27. The van der Waals surface area contributed by atoms with Crippen LogP contribution in [0.15, 0.2) is 15.3 Å². The molecular weight excluding hydrogens is 156 g/mol. The van der Waals surface area contributed by atoms with Crippen LogP contribution in [0.25, 0.3) is 0 Å². The van der Waals surface area contributed by atoms with Crippen molar-refractivity contribution in [3.05, 3.63) is 27.8 Å². The summed E-state index contributed by atoms with van der Waals surface area (Å²) in [5.74, 6) is 1.77. The van der Waals surface area contributed by atoms with Crippen LogP contribution >= 0.6 is 0 Å². The maximum Gasteiger partial charge on any atom is 0.227 e. The molecule has 1 aromatic rings. The molecule has 2 heterocycles. The van der Waals surface area contributed by atoms with Crippen molar-refractivity contribution >= 4 is 0 Å². The summed E-state index contributed by atoms with van der Waals surface area (Å²) < 4.78 is 10.6. The van der Waals surface area contributed by atoms with Gasteiger partial charge in [-0.05, 0) is 13.3 Å². The van der Waals surface area contributed by atoms with Gasteiger partial charge < -0.3 is 9.15 Å². The van der Waals surface area contributed by atoms with Gasteiger partial charge in [0.2, 0.25) is 11.2 Å². The molecule has 12 heavy (non-hydrogen) atoms. The van der Waals surface area contributed by atoms with Crippen LogP contribution in [0.3, 0.4) is 0 Å². The summed E-state index contributed by atoms with van der Waals surface area (Å²) in [4.78, 5) is 11.3. The average Bonchev–Trinajstić information content (AvgIpc) is 2.04. The highest BCUT2D eigenvalue weighted by molar-refractivity contribution is 5.27. The number of hydrogen-bond acceptors (Lipinski definition) is 3. The molecule has 0 aliphatic carbocycles. The van der Waals surface area contributed by atoms with E-state index in [1.807, 2.05) is 0 Å². The SMILES string of the molecule is Cc1cc(=O)c2c(o1)CCCO2. The monoisotopic (exact) mass is 166 g/mol. The quantitative estimate of drug-likeness (QED) is 0.582. The lowest BCUT2D eigenvalue weighted by Crippen LogP contribution is -2.16. The zero-order chi connectivity index (χ0) is 8.55. The highest BCUT2D eigenvalue weighted by atomic mass is 16.5. The van der Waals surface area contributed by atoms with Crippen LogP contribution in [0.4, 0.5) is 0 Å². The lowest BCUT2D eigenvalue weighted by Gasteiger charge is -2.14. The van der Waals surface area contributed by atoms with Crippen LogP contribution < -0.4 is 10.2 Å². The molecule has 0 bridgehead atoms. The number of fused-ring (bicyclic) bond motifs is 1. The summed E-state index contributed by atoms with van der Waals surface area (Å²) in [7, 11) is 0. The van der Waals surface area contributed by atoms with Gasteiger partial charge >= 0.3 is 0 Å². The Hall–Kier alpha value is -1.25. The molecule has 0 amide bonds. The van der Waals surface area contributed by atoms with Gasteiger partial charge in [-0.25, -0.2) is 0 Å². The minimum Gasteiger partial charge on any atom is -0.486 e. The second-order valence-corrected chi connectivity index (χ2v) is 2.93. The molecule has 0 spiro atoms. The standard InChI is InChI=1S/C9H10O3/c1-6-5-7(10)9-8(12-6)3-2-4-11-9/h5H,2-4H2,1H3. The first-order chi connectivity index (χ1) is 5.77. The van der Waals surface area contributed by atoms with E-state index in [1.54, 1.807) is 6.92 Å². The van der Waals surface area contributed by atoms with E-state index in [-0.39, 0.29) is 5.43 Å². The molecule has 2 rings (SSSR count). The van der Waals surface area contributed by atoms with Gasteiger partial charge in [-0.15, -0.1) is 0 Å². The normalized spacial score (nSPS) is 15.1. The number of hydrogen-bond donors (Lipinski definition) is 0. The van der Waals surface area contributed by atoms with E-state index in [2.05, 4.69) is 0 Å². The summed E-state index contributed by atoms with van der Waals surface area (Å²) in [5, 5.41) is 0. The maximum absolute atomic E-state index is 11.3. The Morgan fingerprint density at radius 3 is 3.17 bits per heavy atom. The first-order valence-corrected chi connectivity index (χ1v) is 4.04.